The monoisotopic (exact) mass is 483 g/mol. The second-order valence-electron chi connectivity index (χ2n) is 9.61. The predicted molar refractivity (Wildman–Crippen MR) is 143 cm³/mol. The molecule has 5 aromatic rings. The van der Waals surface area contributed by atoms with E-state index in [4.69, 9.17) is 0 Å². The molecule has 36 heavy (non-hydrogen) atoms. The first kappa shape index (κ1) is 22.6. The fourth-order valence-electron chi connectivity index (χ4n) is 5.41. The fourth-order valence-corrected chi connectivity index (χ4v) is 5.41. The van der Waals surface area contributed by atoms with Gasteiger partial charge in [-0.3, -0.25) is 9.47 Å². The smallest absolute Gasteiger partial charge is 0.326 e. The number of H-pyrrole nitrogens is 2. The number of piperazine rings is 1. The Morgan fingerprint density at radius 1 is 0.917 bits per heavy atom. The normalized spacial score (nSPS) is 14.8. The number of fused-ring (bicyclic) bond motifs is 2. The van der Waals surface area contributed by atoms with Gasteiger partial charge in [0.1, 0.15) is 5.82 Å². The van der Waals surface area contributed by atoms with Crippen LogP contribution in [0.2, 0.25) is 0 Å². The zero-order valence-corrected chi connectivity index (χ0v) is 20.2. The quantitative estimate of drug-likeness (QED) is 0.351. The number of imidazole rings is 1. The number of aryl methyl sites for hydroxylation is 1. The van der Waals surface area contributed by atoms with Crippen LogP contribution >= 0.6 is 0 Å². The highest BCUT2D eigenvalue weighted by molar-refractivity contribution is 5.89. The number of aromatic nitrogens is 3. The predicted octanol–water partition coefficient (Wildman–Crippen LogP) is 4.75. The Balaban J connectivity index is 1.09. The van der Waals surface area contributed by atoms with Gasteiger partial charge in [0.15, 0.2) is 0 Å². The first-order valence-electron chi connectivity index (χ1n) is 12.6. The van der Waals surface area contributed by atoms with Gasteiger partial charge in [-0.15, -0.1) is 0 Å². The van der Waals surface area contributed by atoms with E-state index in [-0.39, 0.29) is 11.5 Å². The average molecular weight is 484 g/mol. The maximum absolute atomic E-state index is 13.7. The lowest BCUT2D eigenvalue weighted by Gasteiger charge is -2.36. The van der Waals surface area contributed by atoms with Crippen LogP contribution in [0, 0.1) is 5.82 Å². The summed E-state index contributed by atoms with van der Waals surface area (Å²) in [6.45, 7) is 5.37. The Morgan fingerprint density at radius 2 is 1.75 bits per heavy atom. The lowest BCUT2D eigenvalue weighted by molar-refractivity contribution is 0.255. The molecule has 0 aliphatic carbocycles. The molecule has 2 N–H and O–H groups in total. The van der Waals surface area contributed by atoms with E-state index in [2.05, 4.69) is 25.8 Å². The molecule has 1 saturated heterocycles. The molecule has 1 fully saturated rings. The van der Waals surface area contributed by atoms with Gasteiger partial charge in [-0.25, -0.2) is 9.18 Å². The van der Waals surface area contributed by atoms with Gasteiger partial charge in [0.25, 0.3) is 0 Å². The second-order valence-corrected chi connectivity index (χ2v) is 9.61. The summed E-state index contributed by atoms with van der Waals surface area (Å²) >= 11 is 0. The summed E-state index contributed by atoms with van der Waals surface area (Å²) in [6.07, 6.45) is 3.97. The van der Waals surface area contributed by atoms with E-state index in [1.54, 1.807) is 12.1 Å². The first-order chi connectivity index (χ1) is 17.7. The summed E-state index contributed by atoms with van der Waals surface area (Å²) in [4.78, 5) is 24.0. The molecule has 7 heteroatoms. The molecule has 0 spiro atoms. The van der Waals surface area contributed by atoms with Crippen molar-refractivity contribution in [3.63, 3.8) is 0 Å². The Morgan fingerprint density at radius 3 is 2.58 bits per heavy atom. The van der Waals surface area contributed by atoms with Gasteiger partial charge in [-0.1, -0.05) is 36.4 Å². The summed E-state index contributed by atoms with van der Waals surface area (Å²) in [5.41, 5.74) is 6.16. The van der Waals surface area contributed by atoms with Crippen molar-refractivity contribution in [2.75, 3.05) is 37.6 Å². The molecule has 0 bridgehead atoms. The van der Waals surface area contributed by atoms with Crippen molar-refractivity contribution >= 4 is 27.6 Å². The van der Waals surface area contributed by atoms with Crippen LogP contribution in [0.3, 0.4) is 0 Å². The van der Waals surface area contributed by atoms with Gasteiger partial charge in [-0.05, 0) is 60.8 Å². The molecule has 0 radical (unpaired) electrons. The summed E-state index contributed by atoms with van der Waals surface area (Å²) in [6, 6.07) is 21.2. The van der Waals surface area contributed by atoms with E-state index in [0.717, 1.165) is 78.8 Å². The molecule has 1 aliphatic rings. The molecule has 6 rings (SSSR count). The second kappa shape index (κ2) is 9.66. The minimum Gasteiger partial charge on any atom is -0.367 e. The van der Waals surface area contributed by atoms with E-state index in [9.17, 15) is 9.18 Å². The topological polar surface area (TPSA) is 60.1 Å². The maximum atomic E-state index is 13.7. The van der Waals surface area contributed by atoms with Crippen molar-refractivity contribution in [2.45, 2.75) is 19.4 Å². The molecule has 184 valence electrons. The highest BCUT2D eigenvalue weighted by atomic mass is 19.1. The van der Waals surface area contributed by atoms with Crippen LogP contribution in [-0.2, 0) is 13.0 Å². The standard InChI is InChI=1S/C29H30FN5O/c30-23-11-12-25-24(18-23)22(19-31-25)8-5-13-33-14-16-34(17-15-33)26-9-4-10-27-28(26)32-29(36)35(27)20-21-6-2-1-3-7-21/h1-4,6-7,9-12,18-19,31H,5,8,13-17,20H2,(H,32,36). The third-order valence-corrected chi connectivity index (χ3v) is 7.33. The van der Waals surface area contributed by atoms with Crippen molar-refractivity contribution in [3.8, 4) is 0 Å². The SMILES string of the molecule is O=c1[nH]c2c(N3CCN(CCCc4c[nH]c5ccc(F)cc45)CC3)cccc2n1Cc1ccccc1. The minimum absolute atomic E-state index is 0.0721. The fraction of sp³-hybridized carbons (Fsp3) is 0.276. The zero-order chi connectivity index (χ0) is 24.5. The molecule has 0 amide bonds. The number of rotatable bonds is 7. The Hall–Kier alpha value is -3.84. The number of halogens is 1. The van der Waals surface area contributed by atoms with E-state index in [1.807, 2.05) is 53.2 Å². The van der Waals surface area contributed by atoms with Gasteiger partial charge in [-0.2, -0.15) is 0 Å². The largest absolute Gasteiger partial charge is 0.367 e. The minimum atomic E-state index is -0.189. The van der Waals surface area contributed by atoms with Crippen molar-refractivity contribution in [1.82, 2.24) is 19.4 Å². The van der Waals surface area contributed by atoms with Crippen molar-refractivity contribution in [2.24, 2.45) is 0 Å². The lowest BCUT2D eigenvalue weighted by Crippen LogP contribution is -2.46. The third-order valence-electron chi connectivity index (χ3n) is 7.33. The van der Waals surface area contributed by atoms with Crippen LogP contribution in [0.15, 0.2) is 77.7 Å². The molecule has 1 aliphatic heterocycles. The molecule has 2 aromatic heterocycles. The number of anilines is 1. The lowest BCUT2D eigenvalue weighted by atomic mass is 10.1. The van der Waals surface area contributed by atoms with Crippen LogP contribution in [0.5, 0.6) is 0 Å². The van der Waals surface area contributed by atoms with Gasteiger partial charge < -0.3 is 14.9 Å². The van der Waals surface area contributed by atoms with E-state index < -0.39 is 0 Å². The average Bonchev–Trinajstić information content (AvgIpc) is 3.45. The molecular formula is C29H30FN5O. The van der Waals surface area contributed by atoms with Crippen LogP contribution in [-0.4, -0.2) is 52.2 Å². The number of benzene rings is 3. The van der Waals surface area contributed by atoms with Gasteiger partial charge in [0, 0.05) is 43.3 Å². The number of nitrogens with zero attached hydrogens (tertiary/aromatic N) is 3. The van der Waals surface area contributed by atoms with Crippen LogP contribution < -0.4 is 10.6 Å². The molecule has 3 heterocycles. The Bertz CT molecular complexity index is 1540. The highest BCUT2D eigenvalue weighted by Gasteiger charge is 2.20. The molecule has 0 saturated carbocycles. The molecule has 6 nitrogen and oxygen atoms in total. The number of para-hydroxylation sites is 1. The summed E-state index contributed by atoms with van der Waals surface area (Å²) in [5.74, 6) is -0.189. The molecule has 0 atom stereocenters. The van der Waals surface area contributed by atoms with Crippen molar-refractivity contribution in [1.29, 1.82) is 0 Å². The van der Waals surface area contributed by atoms with Crippen LogP contribution in [0.1, 0.15) is 17.5 Å². The first-order valence-corrected chi connectivity index (χ1v) is 12.6. The maximum Gasteiger partial charge on any atom is 0.326 e. The van der Waals surface area contributed by atoms with E-state index in [0.29, 0.717) is 6.54 Å². The van der Waals surface area contributed by atoms with Crippen molar-refractivity contribution < 1.29 is 4.39 Å². The van der Waals surface area contributed by atoms with Gasteiger partial charge in [0.05, 0.1) is 23.3 Å². The van der Waals surface area contributed by atoms with E-state index >= 15 is 0 Å². The molecule has 0 unspecified atom stereocenters. The Kier molecular flexibility index (Phi) is 6.07. The third kappa shape index (κ3) is 4.42. The number of nitrogens with one attached hydrogen (secondary N) is 2. The number of hydrogen-bond donors (Lipinski definition) is 2. The molecule has 3 aromatic carbocycles. The summed E-state index contributed by atoms with van der Waals surface area (Å²) in [5, 5.41) is 0.987. The Labute approximate surface area is 209 Å². The summed E-state index contributed by atoms with van der Waals surface area (Å²) in [7, 11) is 0. The number of hydrogen-bond acceptors (Lipinski definition) is 3. The zero-order valence-electron chi connectivity index (χ0n) is 20.2. The van der Waals surface area contributed by atoms with Gasteiger partial charge >= 0.3 is 5.69 Å². The van der Waals surface area contributed by atoms with Gasteiger partial charge in [0.2, 0.25) is 0 Å². The molecular weight excluding hydrogens is 453 g/mol. The van der Waals surface area contributed by atoms with E-state index in [1.165, 1.54) is 11.6 Å². The highest BCUT2D eigenvalue weighted by Crippen LogP contribution is 2.26. The van der Waals surface area contributed by atoms with Crippen LogP contribution in [0.4, 0.5) is 10.1 Å². The number of aromatic amines is 2. The summed E-state index contributed by atoms with van der Waals surface area (Å²) < 4.78 is 15.5. The van der Waals surface area contributed by atoms with Crippen molar-refractivity contribution in [3.05, 3.63) is 100 Å². The van der Waals surface area contributed by atoms with Crippen LogP contribution in [0.25, 0.3) is 21.9 Å².